The minimum atomic E-state index is -2.26. The lowest BCUT2D eigenvalue weighted by atomic mass is 9.94. The summed E-state index contributed by atoms with van der Waals surface area (Å²) in [5.41, 5.74) is 0. The van der Waals surface area contributed by atoms with Gasteiger partial charge in [-0.05, 0) is 0 Å². The van der Waals surface area contributed by atoms with Crippen molar-refractivity contribution >= 4 is 17.8 Å². The number of amides is 2. The van der Waals surface area contributed by atoms with Gasteiger partial charge in [0.05, 0.1) is 19.8 Å². The van der Waals surface area contributed by atoms with Crippen molar-refractivity contribution in [2.75, 3.05) is 19.8 Å². The fourth-order valence-electron chi connectivity index (χ4n) is 6.31. The molecule has 0 saturated carbocycles. The first-order chi connectivity index (χ1) is 24.4. The number of aliphatic hydroxyl groups is 11. The van der Waals surface area contributed by atoms with E-state index in [1.54, 1.807) is 0 Å². The lowest BCUT2D eigenvalue weighted by molar-refractivity contribution is -0.370. The summed E-state index contributed by atoms with van der Waals surface area (Å²) in [5.74, 6) is -3.39. The summed E-state index contributed by atoms with van der Waals surface area (Å²) in [6.07, 6.45) is -34.2. The fraction of sp³-hybridized carbons (Fsp3) is 0.893. The smallest absolute Gasteiger partial charge is 0.335 e. The van der Waals surface area contributed by atoms with Crippen molar-refractivity contribution < 1.29 is 109 Å². The lowest BCUT2D eigenvalue weighted by Crippen LogP contribution is -2.70. The van der Waals surface area contributed by atoms with Gasteiger partial charge in [0, 0.05) is 13.8 Å². The molecule has 24 nitrogen and oxygen atoms in total. The Hall–Kier alpha value is -2.31. The van der Waals surface area contributed by atoms with Gasteiger partial charge in [-0.15, -0.1) is 0 Å². The summed E-state index contributed by atoms with van der Waals surface area (Å²) in [4.78, 5) is 36.6. The van der Waals surface area contributed by atoms with Gasteiger partial charge in [-0.2, -0.15) is 0 Å². The van der Waals surface area contributed by atoms with E-state index in [4.69, 9.17) is 33.2 Å². The van der Waals surface area contributed by atoms with Gasteiger partial charge in [0.1, 0.15) is 91.4 Å². The van der Waals surface area contributed by atoms with Crippen molar-refractivity contribution in [2.45, 2.75) is 137 Å². The molecule has 2 amide bonds. The van der Waals surface area contributed by atoms with E-state index < -0.39 is 160 Å². The second-order valence-electron chi connectivity index (χ2n) is 12.7. The molecule has 0 bridgehead atoms. The molecule has 20 atom stereocenters. The highest BCUT2D eigenvalue weighted by atomic mass is 16.8. The van der Waals surface area contributed by atoms with E-state index in [-0.39, 0.29) is 0 Å². The summed E-state index contributed by atoms with van der Waals surface area (Å²) < 4.78 is 38.5. The maximum atomic E-state index is 12.5. The van der Waals surface area contributed by atoms with E-state index in [2.05, 4.69) is 10.6 Å². The molecule has 4 saturated heterocycles. The van der Waals surface area contributed by atoms with Crippen LogP contribution in [0.2, 0.25) is 0 Å². The zero-order valence-electron chi connectivity index (χ0n) is 27.6. The highest BCUT2D eigenvalue weighted by Gasteiger charge is 2.57. The maximum Gasteiger partial charge on any atom is 0.335 e. The molecule has 4 aliphatic heterocycles. The van der Waals surface area contributed by atoms with Crippen LogP contribution in [0.3, 0.4) is 0 Å². The predicted octanol–water partition coefficient (Wildman–Crippen LogP) is -9.37. The number of aliphatic carboxylic acids is 1. The largest absolute Gasteiger partial charge is 0.479 e. The second-order valence-corrected chi connectivity index (χ2v) is 12.7. The Morgan fingerprint density at radius 3 is 1.46 bits per heavy atom. The summed E-state index contributed by atoms with van der Waals surface area (Å²) in [6, 6.07) is -3.26. The average molecular weight is 763 g/mol. The van der Waals surface area contributed by atoms with E-state index in [0.29, 0.717) is 0 Å². The van der Waals surface area contributed by atoms with Gasteiger partial charge in [-0.25, -0.2) is 4.79 Å². The molecule has 0 aliphatic carbocycles. The van der Waals surface area contributed by atoms with Gasteiger partial charge < -0.3 is 105 Å². The highest BCUT2D eigenvalue weighted by Crippen LogP contribution is 2.34. The number of carboxylic acid groups (broad SMARTS) is 1. The standard InChI is InChI=1S/C28H46N2O22/c1-6(34)29-11-20(14(37)9(4-32)46-25(11)45)49-28-19(42)17(40)22(23(52-28)24(43)44)51-26-12(30-7(2)35)21(15(38)10(5-33)47-26)50-27-18(41)16(39)13(36)8(3-31)48-27/h8-23,25-28,31-33,36-42,45H,3-5H2,1-2H3,(H,29,34)(H,30,35)(H,43,44)/t8-,9-,10-,11-,12-,13+,14+,15-,16+,17-,18-,19-,20-,21-,22+,23+,25-,26+,27+,28-/m1/s1. The Kier molecular flexibility index (Phi) is 14.6. The van der Waals surface area contributed by atoms with E-state index in [1.165, 1.54) is 0 Å². The maximum absolute atomic E-state index is 12.5. The van der Waals surface area contributed by atoms with Gasteiger partial charge in [0.25, 0.3) is 0 Å². The van der Waals surface area contributed by atoms with Gasteiger partial charge in [-0.1, -0.05) is 0 Å². The van der Waals surface area contributed by atoms with Crippen molar-refractivity contribution in [3.63, 3.8) is 0 Å². The van der Waals surface area contributed by atoms with Gasteiger partial charge in [0.15, 0.2) is 31.3 Å². The molecule has 0 spiro atoms. The van der Waals surface area contributed by atoms with Crippen LogP contribution >= 0.6 is 0 Å². The van der Waals surface area contributed by atoms with Crippen molar-refractivity contribution in [3.8, 4) is 0 Å². The first-order valence-corrected chi connectivity index (χ1v) is 16.1. The van der Waals surface area contributed by atoms with Crippen LogP contribution in [-0.2, 0) is 47.5 Å². The molecule has 0 radical (unpaired) electrons. The summed E-state index contributed by atoms with van der Waals surface area (Å²) in [6.45, 7) is -0.608. The first kappa shape index (κ1) is 42.4. The Bertz CT molecular complexity index is 1220. The predicted molar refractivity (Wildman–Crippen MR) is 158 cm³/mol. The van der Waals surface area contributed by atoms with Crippen LogP contribution in [0.5, 0.6) is 0 Å². The van der Waals surface area contributed by atoms with Crippen molar-refractivity contribution in [3.05, 3.63) is 0 Å². The fourth-order valence-corrected chi connectivity index (χ4v) is 6.31. The number of rotatable bonds is 12. The minimum absolute atomic E-state index is 0.737. The monoisotopic (exact) mass is 762 g/mol. The van der Waals surface area contributed by atoms with Crippen LogP contribution in [0.15, 0.2) is 0 Å². The third-order valence-electron chi connectivity index (χ3n) is 8.98. The molecule has 0 aromatic rings. The zero-order valence-corrected chi connectivity index (χ0v) is 27.6. The molecule has 4 aliphatic rings. The number of carbonyl (C=O) groups excluding carboxylic acids is 2. The van der Waals surface area contributed by atoms with Crippen LogP contribution in [-0.4, -0.2) is 222 Å². The third kappa shape index (κ3) is 8.96. The van der Waals surface area contributed by atoms with E-state index in [9.17, 15) is 75.7 Å². The van der Waals surface area contributed by atoms with E-state index in [1.807, 2.05) is 0 Å². The number of nitrogens with one attached hydrogen (secondary N) is 2. The van der Waals surface area contributed by atoms with Gasteiger partial charge in [0.2, 0.25) is 11.8 Å². The molecule has 52 heavy (non-hydrogen) atoms. The molecular weight excluding hydrogens is 716 g/mol. The summed E-state index contributed by atoms with van der Waals surface area (Å²) >= 11 is 0. The van der Waals surface area contributed by atoms with Crippen LogP contribution in [0.25, 0.3) is 0 Å². The first-order valence-electron chi connectivity index (χ1n) is 16.1. The molecule has 24 heteroatoms. The molecule has 4 fully saturated rings. The molecule has 300 valence electrons. The Balaban J connectivity index is 1.61. The Morgan fingerprint density at radius 1 is 0.519 bits per heavy atom. The number of carboxylic acids is 1. The second kappa shape index (κ2) is 17.9. The highest BCUT2D eigenvalue weighted by molar-refractivity contribution is 5.74. The molecule has 14 N–H and O–H groups in total. The molecule has 0 aromatic carbocycles. The molecule has 4 heterocycles. The summed E-state index contributed by atoms with van der Waals surface area (Å²) in [7, 11) is 0. The van der Waals surface area contributed by atoms with Crippen LogP contribution in [0.1, 0.15) is 13.8 Å². The molecule has 0 aromatic heterocycles. The number of carbonyl (C=O) groups is 3. The van der Waals surface area contributed by atoms with E-state index >= 15 is 0 Å². The molecule has 4 rings (SSSR count). The lowest BCUT2D eigenvalue weighted by Gasteiger charge is -2.49. The number of hydrogen-bond acceptors (Lipinski definition) is 21. The van der Waals surface area contributed by atoms with Crippen molar-refractivity contribution in [1.29, 1.82) is 0 Å². The average Bonchev–Trinajstić information content (AvgIpc) is 3.09. The number of aliphatic hydroxyl groups excluding tert-OH is 11. The Morgan fingerprint density at radius 2 is 0.942 bits per heavy atom. The number of hydrogen-bond donors (Lipinski definition) is 14. The van der Waals surface area contributed by atoms with Crippen LogP contribution in [0.4, 0.5) is 0 Å². The quantitative estimate of drug-likeness (QED) is 0.0877. The minimum Gasteiger partial charge on any atom is -0.479 e. The van der Waals surface area contributed by atoms with Crippen molar-refractivity contribution in [1.82, 2.24) is 10.6 Å². The SMILES string of the molecule is CC(=O)N[C@@H]1[C@@H](O[C@@H]2O[C@H](C(=O)O)[C@@H](O[C@@H]3O[C@H](CO)[C@@H](O)[C@H](O[C@@H]4O[C@H](CO)[C@H](O)[C@H](O)[C@H]4O)[C@H]3NC(C)=O)[C@H](O)[C@H]2O)[C@@H](O)[C@@H](CO)O[C@H]1O. The summed E-state index contributed by atoms with van der Waals surface area (Å²) in [5, 5.41) is 129. The van der Waals surface area contributed by atoms with Gasteiger partial charge >= 0.3 is 5.97 Å². The normalized spacial score (nSPS) is 47.0. The topological polar surface area (TPSA) is 383 Å². The van der Waals surface area contributed by atoms with Crippen LogP contribution in [0, 0.1) is 0 Å². The number of ether oxygens (including phenoxy) is 7. The van der Waals surface area contributed by atoms with Crippen molar-refractivity contribution in [2.24, 2.45) is 0 Å². The van der Waals surface area contributed by atoms with E-state index in [0.717, 1.165) is 13.8 Å². The zero-order chi connectivity index (χ0) is 38.8. The Labute approximate surface area is 293 Å². The third-order valence-corrected chi connectivity index (χ3v) is 8.98. The molecular formula is C28H46N2O22. The van der Waals surface area contributed by atoms with Crippen LogP contribution < -0.4 is 10.6 Å². The van der Waals surface area contributed by atoms with Gasteiger partial charge in [-0.3, -0.25) is 9.59 Å². The molecule has 0 unspecified atom stereocenters.